The van der Waals surface area contributed by atoms with Crippen LogP contribution in [-0.2, 0) is 0 Å². The number of nitrogens with one attached hydrogen (secondary N) is 1. The van der Waals surface area contributed by atoms with Crippen LogP contribution in [0.25, 0.3) is 22.0 Å². The number of aromatic nitrogens is 5. The number of H-pyrrole nitrogens is 1. The van der Waals surface area contributed by atoms with Crippen molar-refractivity contribution in [3.05, 3.63) is 28.9 Å². The summed E-state index contributed by atoms with van der Waals surface area (Å²) in [4.78, 5) is 10.5. The van der Waals surface area contributed by atoms with Crippen molar-refractivity contribution >= 4 is 5.82 Å². The molecule has 0 atom stereocenters. The SMILES string of the molecule is [N-]=[N+]=Nc1ccnc(-c2cn[nH]n2)n1. The van der Waals surface area contributed by atoms with Crippen LogP contribution < -0.4 is 0 Å². The van der Waals surface area contributed by atoms with Crippen LogP contribution >= 0.6 is 0 Å². The first-order valence-electron chi connectivity index (χ1n) is 3.64. The van der Waals surface area contributed by atoms with Crippen molar-refractivity contribution in [1.29, 1.82) is 0 Å². The second-order valence-corrected chi connectivity index (χ2v) is 2.28. The van der Waals surface area contributed by atoms with Crippen LogP contribution in [0.1, 0.15) is 0 Å². The summed E-state index contributed by atoms with van der Waals surface area (Å²) in [7, 11) is 0. The number of azide groups is 1. The van der Waals surface area contributed by atoms with Gasteiger partial charge in [0.05, 0.1) is 6.20 Å². The van der Waals surface area contributed by atoms with Gasteiger partial charge >= 0.3 is 0 Å². The first-order chi connectivity index (χ1) is 6.90. The molecule has 0 aliphatic carbocycles. The Kier molecular flexibility index (Phi) is 2.04. The Morgan fingerprint density at radius 1 is 1.50 bits per heavy atom. The summed E-state index contributed by atoms with van der Waals surface area (Å²) in [6.07, 6.45) is 2.97. The fourth-order valence-electron chi connectivity index (χ4n) is 0.883. The van der Waals surface area contributed by atoms with Gasteiger partial charge in [0.2, 0.25) is 0 Å². The molecular formula is C6H4N8. The lowest BCUT2D eigenvalue weighted by atomic mass is 10.4. The van der Waals surface area contributed by atoms with E-state index in [1.807, 2.05) is 0 Å². The van der Waals surface area contributed by atoms with Crippen molar-refractivity contribution in [2.45, 2.75) is 0 Å². The Hall–Kier alpha value is -2.47. The van der Waals surface area contributed by atoms with Crippen LogP contribution in [0.15, 0.2) is 23.6 Å². The second kappa shape index (κ2) is 3.50. The highest BCUT2D eigenvalue weighted by Crippen LogP contribution is 2.13. The summed E-state index contributed by atoms with van der Waals surface area (Å²) < 4.78 is 0. The summed E-state index contributed by atoms with van der Waals surface area (Å²) in [6.45, 7) is 0. The molecule has 0 aromatic carbocycles. The van der Waals surface area contributed by atoms with Crippen LogP contribution in [0.3, 0.4) is 0 Å². The molecule has 0 unspecified atom stereocenters. The van der Waals surface area contributed by atoms with E-state index in [2.05, 4.69) is 35.4 Å². The summed E-state index contributed by atoms with van der Waals surface area (Å²) in [6, 6.07) is 1.50. The third-order valence-electron chi connectivity index (χ3n) is 1.43. The van der Waals surface area contributed by atoms with E-state index in [0.29, 0.717) is 11.5 Å². The van der Waals surface area contributed by atoms with Gasteiger partial charge in [0.25, 0.3) is 0 Å². The summed E-state index contributed by atoms with van der Waals surface area (Å²) in [5.41, 5.74) is 8.70. The Morgan fingerprint density at radius 3 is 3.14 bits per heavy atom. The van der Waals surface area contributed by atoms with Gasteiger partial charge in [-0.25, -0.2) is 9.97 Å². The van der Waals surface area contributed by atoms with Crippen molar-refractivity contribution in [3.63, 3.8) is 0 Å². The second-order valence-electron chi connectivity index (χ2n) is 2.28. The molecule has 0 bridgehead atoms. The van der Waals surface area contributed by atoms with Gasteiger partial charge in [-0.2, -0.15) is 15.4 Å². The summed E-state index contributed by atoms with van der Waals surface area (Å²) in [5, 5.41) is 13.2. The molecule has 1 N–H and O–H groups in total. The van der Waals surface area contributed by atoms with Crippen LogP contribution in [-0.4, -0.2) is 25.4 Å². The summed E-state index contributed by atoms with van der Waals surface area (Å²) >= 11 is 0. The molecular weight excluding hydrogens is 184 g/mol. The van der Waals surface area contributed by atoms with Crippen LogP contribution in [0, 0.1) is 0 Å². The Labute approximate surface area is 77.6 Å². The van der Waals surface area contributed by atoms with Crippen LogP contribution in [0.5, 0.6) is 0 Å². The molecule has 0 aliphatic heterocycles. The van der Waals surface area contributed by atoms with Crippen LogP contribution in [0.2, 0.25) is 0 Å². The molecule has 0 spiro atoms. The Bertz CT molecular complexity index is 468. The maximum Gasteiger partial charge on any atom is 0.182 e. The summed E-state index contributed by atoms with van der Waals surface area (Å²) in [5.74, 6) is 0.615. The van der Waals surface area contributed by atoms with Crippen molar-refractivity contribution in [2.75, 3.05) is 0 Å². The van der Waals surface area contributed by atoms with E-state index in [1.54, 1.807) is 0 Å². The smallest absolute Gasteiger partial charge is 0.182 e. The van der Waals surface area contributed by atoms with E-state index in [4.69, 9.17) is 5.53 Å². The Morgan fingerprint density at radius 2 is 2.43 bits per heavy atom. The monoisotopic (exact) mass is 188 g/mol. The first-order valence-corrected chi connectivity index (χ1v) is 3.64. The molecule has 2 heterocycles. The van der Waals surface area contributed by atoms with Crippen molar-refractivity contribution < 1.29 is 0 Å². The zero-order chi connectivity index (χ0) is 9.80. The van der Waals surface area contributed by atoms with E-state index in [-0.39, 0.29) is 5.82 Å². The first kappa shape index (κ1) is 8.14. The van der Waals surface area contributed by atoms with Gasteiger partial charge in [0.15, 0.2) is 5.82 Å². The van der Waals surface area contributed by atoms with Crippen molar-refractivity contribution in [3.8, 4) is 11.5 Å². The molecule has 0 radical (unpaired) electrons. The van der Waals surface area contributed by atoms with E-state index in [0.717, 1.165) is 0 Å². The molecule has 0 saturated heterocycles. The predicted octanol–water partition coefficient (Wildman–Crippen LogP) is 1.20. The van der Waals surface area contributed by atoms with Gasteiger partial charge in [0.1, 0.15) is 11.5 Å². The third-order valence-corrected chi connectivity index (χ3v) is 1.43. The zero-order valence-corrected chi connectivity index (χ0v) is 6.86. The average Bonchev–Trinajstić information content (AvgIpc) is 2.71. The average molecular weight is 188 g/mol. The fraction of sp³-hybridized carbons (Fsp3) is 0. The maximum absolute atomic E-state index is 8.20. The normalized spacial score (nSPS) is 9.43. The topological polar surface area (TPSA) is 116 Å². The molecule has 0 aliphatic rings. The highest BCUT2D eigenvalue weighted by molar-refractivity contribution is 5.48. The highest BCUT2D eigenvalue weighted by Gasteiger charge is 2.03. The third kappa shape index (κ3) is 1.50. The molecule has 0 saturated carbocycles. The molecule has 8 nitrogen and oxygen atoms in total. The van der Waals surface area contributed by atoms with E-state index in [1.165, 1.54) is 18.5 Å². The largest absolute Gasteiger partial charge is 0.235 e. The molecule has 8 heteroatoms. The van der Waals surface area contributed by atoms with E-state index >= 15 is 0 Å². The van der Waals surface area contributed by atoms with E-state index < -0.39 is 0 Å². The van der Waals surface area contributed by atoms with Crippen molar-refractivity contribution in [2.24, 2.45) is 5.11 Å². The number of rotatable bonds is 2. The van der Waals surface area contributed by atoms with Crippen molar-refractivity contribution in [1.82, 2.24) is 25.4 Å². The minimum absolute atomic E-state index is 0.250. The Balaban J connectivity index is 2.45. The van der Waals surface area contributed by atoms with Gasteiger partial charge in [-0.1, -0.05) is 0 Å². The molecule has 68 valence electrons. The fourth-order valence-corrected chi connectivity index (χ4v) is 0.883. The predicted molar refractivity (Wildman–Crippen MR) is 46.2 cm³/mol. The molecule has 0 amide bonds. The lowest BCUT2D eigenvalue weighted by Gasteiger charge is -1.93. The molecule has 0 fully saturated rings. The molecule has 2 rings (SSSR count). The van der Waals surface area contributed by atoms with Gasteiger partial charge in [-0.05, 0) is 16.7 Å². The van der Waals surface area contributed by atoms with Crippen LogP contribution in [0.4, 0.5) is 5.82 Å². The number of hydrogen-bond donors (Lipinski definition) is 1. The van der Waals surface area contributed by atoms with Gasteiger partial charge in [-0.15, -0.1) is 0 Å². The number of hydrogen-bond acceptors (Lipinski definition) is 5. The zero-order valence-electron chi connectivity index (χ0n) is 6.86. The number of nitrogens with zero attached hydrogens (tertiary/aromatic N) is 7. The van der Waals surface area contributed by atoms with E-state index in [9.17, 15) is 0 Å². The minimum atomic E-state index is 0.250. The molecule has 2 aromatic rings. The van der Waals surface area contributed by atoms with Gasteiger partial charge in [-0.3, -0.25) is 0 Å². The quantitative estimate of drug-likeness (QED) is 0.432. The molecule has 14 heavy (non-hydrogen) atoms. The highest BCUT2D eigenvalue weighted by atomic mass is 15.3. The lowest BCUT2D eigenvalue weighted by Crippen LogP contribution is -1.87. The van der Waals surface area contributed by atoms with Gasteiger partial charge in [0, 0.05) is 11.1 Å². The minimum Gasteiger partial charge on any atom is -0.235 e. The number of aromatic amines is 1. The van der Waals surface area contributed by atoms with Gasteiger partial charge < -0.3 is 0 Å². The molecule has 2 aromatic heterocycles. The maximum atomic E-state index is 8.20. The standard InChI is InChI=1S/C6H4N8/c7-13-12-5-1-2-8-6(10-5)4-3-9-14-11-4/h1-3H,(H,9,11,14). The lowest BCUT2D eigenvalue weighted by molar-refractivity contribution is 0.938.